The Kier molecular flexibility index (Phi) is 7.05. The van der Waals surface area contributed by atoms with Crippen LogP contribution in [0.25, 0.3) is 0 Å². The van der Waals surface area contributed by atoms with Gasteiger partial charge in [-0.2, -0.15) is 13.7 Å². The van der Waals surface area contributed by atoms with E-state index in [9.17, 15) is 18.5 Å². The van der Waals surface area contributed by atoms with Gasteiger partial charge in [-0.1, -0.05) is 19.9 Å². The summed E-state index contributed by atoms with van der Waals surface area (Å²) in [4.78, 5) is 14.1. The van der Waals surface area contributed by atoms with E-state index in [1.807, 2.05) is 24.8 Å². The Bertz CT molecular complexity index is 817. The van der Waals surface area contributed by atoms with E-state index in [0.717, 1.165) is 19.4 Å². The van der Waals surface area contributed by atoms with E-state index in [1.165, 1.54) is 6.07 Å². The molecule has 148 valence electrons. The van der Waals surface area contributed by atoms with E-state index in [2.05, 4.69) is 4.72 Å². The van der Waals surface area contributed by atoms with Crippen molar-refractivity contribution in [1.29, 1.82) is 5.26 Å². The smallest absolute Gasteiger partial charge is 0.296 e. The van der Waals surface area contributed by atoms with Gasteiger partial charge in [-0.3, -0.25) is 9.52 Å². The van der Waals surface area contributed by atoms with Crippen molar-refractivity contribution in [1.82, 2.24) is 4.90 Å². The third-order valence-electron chi connectivity index (χ3n) is 4.32. The van der Waals surface area contributed by atoms with Gasteiger partial charge in [0.15, 0.2) is 0 Å². The fourth-order valence-corrected chi connectivity index (χ4v) is 3.60. The van der Waals surface area contributed by atoms with Crippen LogP contribution in [0.4, 0.5) is 5.69 Å². The van der Waals surface area contributed by atoms with Crippen molar-refractivity contribution in [3.05, 3.63) is 23.8 Å². The maximum absolute atomic E-state index is 12.3. The van der Waals surface area contributed by atoms with E-state index < -0.39 is 10.2 Å². The summed E-state index contributed by atoms with van der Waals surface area (Å²) in [7, 11) is -3.99. The standard InChI is InChI=1S/C18H26N4O4S/c1-13(2)9-18(23)22-8-4-5-14(11-22)12-26-17-7-3-6-16(15(17)10-19)21-27(20,24)25/h3,6-7,13-14,21H,4-5,8-9,11-12H2,1-2H3,(H2,20,24,25). The second-order valence-corrected chi connectivity index (χ2v) is 8.49. The number of nitrogens with one attached hydrogen (secondary N) is 1. The van der Waals surface area contributed by atoms with Crippen LogP contribution in [0.3, 0.4) is 0 Å². The summed E-state index contributed by atoms with van der Waals surface area (Å²) in [5.74, 6) is 0.932. The molecular weight excluding hydrogens is 368 g/mol. The number of benzene rings is 1. The van der Waals surface area contributed by atoms with Crippen molar-refractivity contribution >= 4 is 21.8 Å². The van der Waals surface area contributed by atoms with Gasteiger partial charge in [0.25, 0.3) is 10.2 Å². The molecule has 1 aromatic rings. The molecule has 0 aromatic heterocycles. The fraction of sp³-hybridized carbons (Fsp3) is 0.556. The summed E-state index contributed by atoms with van der Waals surface area (Å²) in [6.45, 7) is 5.78. The van der Waals surface area contributed by atoms with Crippen LogP contribution < -0.4 is 14.6 Å². The summed E-state index contributed by atoms with van der Waals surface area (Å²) in [5, 5.41) is 14.4. The monoisotopic (exact) mass is 394 g/mol. The molecule has 0 aliphatic carbocycles. The molecule has 0 radical (unpaired) electrons. The first-order chi connectivity index (χ1) is 12.7. The Hall–Kier alpha value is -2.31. The van der Waals surface area contributed by atoms with Crippen LogP contribution in [0.15, 0.2) is 18.2 Å². The van der Waals surface area contributed by atoms with Crippen LogP contribution in [-0.4, -0.2) is 38.9 Å². The lowest BCUT2D eigenvalue weighted by Crippen LogP contribution is -2.42. The Morgan fingerprint density at radius 3 is 2.85 bits per heavy atom. The maximum atomic E-state index is 12.3. The molecule has 0 saturated carbocycles. The minimum absolute atomic E-state index is 0.0786. The molecule has 27 heavy (non-hydrogen) atoms. The summed E-state index contributed by atoms with van der Waals surface area (Å²) < 4.78 is 30.4. The summed E-state index contributed by atoms with van der Waals surface area (Å²) in [6.07, 6.45) is 2.38. The molecule has 3 N–H and O–H groups in total. The second-order valence-electron chi connectivity index (χ2n) is 7.19. The maximum Gasteiger partial charge on any atom is 0.296 e. The number of hydrogen-bond acceptors (Lipinski definition) is 5. The zero-order valence-corrected chi connectivity index (χ0v) is 16.5. The third kappa shape index (κ3) is 6.41. The highest BCUT2D eigenvalue weighted by atomic mass is 32.2. The fourth-order valence-electron chi connectivity index (χ4n) is 3.12. The highest BCUT2D eigenvalue weighted by molar-refractivity contribution is 7.90. The molecule has 1 unspecified atom stereocenters. The van der Waals surface area contributed by atoms with E-state index in [-0.39, 0.29) is 28.8 Å². The molecular formula is C18H26N4O4S. The van der Waals surface area contributed by atoms with Crippen LogP contribution in [0, 0.1) is 23.2 Å². The SMILES string of the molecule is CC(C)CC(=O)N1CCCC(COc2cccc(NS(N)(=O)=O)c2C#N)C1. The number of carbonyl (C=O) groups excluding carboxylic acids is 1. The van der Waals surface area contributed by atoms with Crippen molar-refractivity contribution in [2.75, 3.05) is 24.4 Å². The Morgan fingerprint density at radius 1 is 1.48 bits per heavy atom. The summed E-state index contributed by atoms with van der Waals surface area (Å²) in [5.41, 5.74) is 0.157. The van der Waals surface area contributed by atoms with Crippen LogP contribution in [-0.2, 0) is 15.0 Å². The van der Waals surface area contributed by atoms with Crippen molar-refractivity contribution in [2.45, 2.75) is 33.1 Å². The molecule has 1 saturated heterocycles. The number of likely N-dealkylation sites (tertiary alicyclic amines) is 1. The van der Waals surface area contributed by atoms with Gasteiger partial charge in [-0.15, -0.1) is 0 Å². The number of ether oxygens (including phenoxy) is 1. The number of piperidine rings is 1. The number of nitrogens with zero attached hydrogens (tertiary/aromatic N) is 2. The molecule has 1 heterocycles. The first-order valence-corrected chi connectivity index (χ1v) is 10.5. The zero-order valence-electron chi connectivity index (χ0n) is 15.6. The Balaban J connectivity index is 2.03. The zero-order chi connectivity index (χ0) is 20.0. The normalized spacial score (nSPS) is 17.4. The first kappa shape index (κ1) is 21.0. The molecule has 1 aliphatic rings. The van der Waals surface area contributed by atoms with Gasteiger partial charge < -0.3 is 9.64 Å². The predicted octanol–water partition coefficient (Wildman–Crippen LogP) is 1.84. The van der Waals surface area contributed by atoms with Gasteiger partial charge in [-0.05, 0) is 30.9 Å². The minimum Gasteiger partial charge on any atom is -0.492 e. The number of nitrogens with two attached hydrogens (primary N) is 1. The van der Waals surface area contributed by atoms with Crippen molar-refractivity contribution in [3.8, 4) is 11.8 Å². The molecule has 1 atom stereocenters. The largest absolute Gasteiger partial charge is 0.492 e. The minimum atomic E-state index is -3.99. The van der Waals surface area contributed by atoms with Crippen LogP contribution in [0.1, 0.15) is 38.7 Å². The molecule has 8 nitrogen and oxygen atoms in total. The van der Waals surface area contributed by atoms with Crippen LogP contribution in [0.2, 0.25) is 0 Å². The molecule has 2 rings (SSSR count). The molecule has 9 heteroatoms. The van der Waals surface area contributed by atoms with Gasteiger partial charge in [0.2, 0.25) is 5.91 Å². The number of carbonyl (C=O) groups is 1. The average molecular weight is 394 g/mol. The van der Waals surface area contributed by atoms with Crippen molar-refractivity contribution in [2.24, 2.45) is 17.0 Å². The third-order valence-corrected chi connectivity index (χ3v) is 4.82. The number of amides is 1. The average Bonchev–Trinajstić information content (AvgIpc) is 2.58. The number of hydrogen-bond donors (Lipinski definition) is 2. The van der Waals surface area contributed by atoms with E-state index in [4.69, 9.17) is 9.88 Å². The van der Waals surface area contributed by atoms with Gasteiger partial charge in [-0.25, -0.2) is 5.14 Å². The molecule has 1 aromatic carbocycles. The molecule has 1 amide bonds. The van der Waals surface area contributed by atoms with Crippen molar-refractivity contribution < 1.29 is 17.9 Å². The first-order valence-electron chi connectivity index (χ1n) is 8.94. The lowest BCUT2D eigenvalue weighted by Gasteiger charge is -2.33. The Labute approximate surface area is 160 Å². The lowest BCUT2D eigenvalue weighted by molar-refractivity contribution is -0.134. The molecule has 0 bridgehead atoms. The number of nitriles is 1. The van der Waals surface area contributed by atoms with Crippen molar-refractivity contribution in [3.63, 3.8) is 0 Å². The topological polar surface area (TPSA) is 126 Å². The number of anilines is 1. The summed E-state index contributed by atoms with van der Waals surface area (Å²) in [6, 6.07) is 6.59. The highest BCUT2D eigenvalue weighted by Crippen LogP contribution is 2.27. The highest BCUT2D eigenvalue weighted by Gasteiger charge is 2.25. The summed E-state index contributed by atoms with van der Waals surface area (Å²) >= 11 is 0. The van der Waals surface area contributed by atoms with E-state index in [1.54, 1.807) is 12.1 Å². The predicted molar refractivity (Wildman–Crippen MR) is 102 cm³/mol. The van der Waals surface area contributed by atoms with Gasteiger partial charge in [0.05, 0.1) is 12.3 Å². The second kappa shape index (κ2) is 9.06. The van der Waals surface area contributed by atoms with Crippen LogP contribution >= 0.6 is 0 Å². The van der Waals surface area contributed by atoms with Gasteiger partial charge in [0.1, 0.15) is 17.4 Å². The van der Waals surface area contributed by atoms with E-state index in [0.29, 0.717) is 25.5 Å². The van der Waals surface area contributed by atoms with Gasteiger partial charge in [0, 0.05) is 25.4 Å². The quantitative estimate of drug-likeness (QED) is 0.730. The van der Waals surface area contributed by atoms with E-state index >= 15 is 0 Å². The molecule has 1 fully saturated rings. The molecule has 1 aliphatic heterocycles. The Morgan fingerprint density at radius 2 is 2.22 bits per heavy atom. The van der Waals surface area contributed by atoms with Gasteiger partial charge >= 0.3 is 0 Å². The van der Waals surface area contributed by atoms with Crippen LogP contribution in [0.5, 0.6) is 5.75 Å². The molecule has 0 spiro atoms. The lowest BCUT2D eigenvalue weighted by atomic mass is 9.98. The number of rotatable bonds is 7.